The Labute approximate surface area is 67.4 Å². The van der Waals surface area contributed by atoms with E-state index in [1.165, 1.54) is 12.8 Å². The van der Waals surface area contributed by atoms with Crippen molar-refractivity contribution in [1.82, 2.24) is 5.32 Å². The first-order valence-electron chi connectivity index (χ1n) is 4.68. The zero-order valence-corrected chi connectivity index (χ0v) is 6.91. The van der Waals surface area contributed by atoms with Crippen LogP contribution < -0.4 is 5.32 Å². The molecule has 2 rings (SSSR count). The van der Waals surface area contributed by atoms with E-state index in [-0.39, 0.29) is 0 Å². The summed E-state index contributed by atoms with van der Waals surface area (Å²) in [7, 11) is 0. The predicted molar refractivity (Wildman–Crippen MR) is 43.3 cm³/mol. The minimum Gasteiger partial charge on any atom is -0.313 e. The predicted octanol–water partition coefficient (Wildman–Crippen LogP) is 1.88. The van der Waals surface area contributed by atoms with Gasteiger partial charge in [-0.25, -0.2) is 4.39 Å². The molecular formula is C9H16FN. The third-order valence-corrected chi connectivity index (χ3v) is 2.89. The van der Waals surface area contributed by atoms with E-state index in [1.807, 2.05) is 0 Å². The van der Waals surface area contributed by atoms with Gasteiger partial charge in [0.15, 0.2) is 0 Å². The molecule has 1 atom stereocenters. The van der Waals surface area contributed by atoms with Crippen LogP contribution in [0.1, 0.15) is 32.1 Å². The van der Waals surface area contributed by atoms with Gasteiger partial charge in [-0.2, -0.15) is 0 Å². The molecule has 0 aromatic carbocycles. The summed E-state index contributed by atoms with van der Waals surface area (Å²) in [5, 5.41) is 3.08. The molecule has 0 aromatic rings. The van der Waals surface area contributed by atoms with Crippen LogP contribution in [-0.4, -0.2) is 18.8 Å². The number of hydrogen-bond acceptors (Lipinski definition) is 1. The lowest BCUT2D eigenvalue weighted by molar-refractivity contribution is 0.169. The molecule has 0 bridgehead atoms. The summed E-state index contributed by atoms with van der Waals surface area (Å²) in [5.41, 5.74) is -0.845. The summed E-state index contributed by atoms with van der Waals surface area (Å²) in [5.74, 6) is 0.878. The van der Waals surface area contributed by atoms with Gasteiger partial charge in [0, 0.05) is 6.54 Å². The van der Waals surface area contributed by atoms with Gasteiger partial charge in [0.05, 0.1) is 0 Å². The fourth-order valence-electron chi connectivity index (χ4n) is 1.80. The van der Waals surface area contributed by atoms with Crippen molar-refractivity contribution in [2.24, 2.45) is 5.92 Å². The second-order valence-corrected chi connectivity index (χ2v) is 4.06. The molecule has 1 aliphatic heterocycles. The minimum atomic E-state index is -0.845. The first kappa shape index (κ1) is 7.53. The van der Waals surface area contributed by atoms with Crippen LogP contribution in [0.15, 0.2) is 0 Å². The molecule has 2 heteroatoms. The molecular weight excluding hydrogens is 141 g/mol. The summed E-state index contributed by atoms with van der Waals surface area (Å²) in [6, 6.07) is 0. The second kappa shape index (κ2) is 2.74. The molecule has 64 valence electrons. The lowest BCUT2D eigenvalue weighted by atomic mass is 9.97. The summed E-state index contributed by atoms with van der Waals surface area (Å²) < 4.78 is 13.6. The Kier molecular flexibility index (Phi) is 1.88. The Bertz CT molecular complexity index is 136. The summed E-state index contributed by atoms with van der Waals surface area (Å²) in [6.07, 6.45) is 5.36. The van der Waals surface area contributed by atoms with Crippen LogP contribution in [0.5, 0.6) is 0 Å². The molecule has 1 unspecified atom stereocenters. The number of alkyl halides is 1. The normalized spacial score (nSPS) is 37.9. The third-order valence-electron chi connectivity index (χ3n) is 2.89. The van der Waals surface area contributed by atoms with E-state index in [2.05, 4.69) is 5.32 Å². The highest BCUT2D eigenvalue weighted by Gasteiger charge is 2.35. The SMILES string of the molecule is FC1(CCC2CC2)CCNC1. The third kappa shape index (κ3) is 1.92. The molecule has 1 saturated heterocycles. The molecule has 11 heavy (non-hydrogen) atoms. The van der Waals surface area contributed by atoms with Crippen molar-refractivity contribution in [3.8, 4) is 0 Å². The van der Waals surface area contributed by atoms with Crippen molar-refractivity contribution >= 4 is 0 Å². The monoisotopic (exact) mass is 157 g/mol. The first-order chi connectivity index (χ1) is 5.29. The summed E-state index contributed by atoms with van der Waals surface area (Å²) in [4.78, 5) is 0. The van der Waals surface area contributed by atoms with Gasteiger partial charge in [0.25, 0.3) is 0 Å². The molecule has 2 aliphatic rings. The first-order valence-corrected chi connectivity index (χ1v) is 4.68. The van der Waals surface area contributed by atoms with Gasteiger partial charge in [-0.3, -0.25) is 0 Å². The quantitative estimate of drug-likeness (QED) is 0.659. The minimum absolute atomic E-state index is 0.597. The topological polar surface area (TPSA) is 12.0 Å². The standard InChI is InChI=1S/C9H16FN/c10-9(5-6-11-7-9)4-3-8-1-2-8/h8,11H,1-7H2. The van der Waals surface area contributed by atoms with E-state index in [1.54, 1.807) is 0 Å². The average molecular weight is 157 g/mol. The van der Waals surface area contributed by atoms with E-state index in [9.17, 15) is 4.39 Å². The Hall–Kier alpha value is -0.110. The van der Waals surface area contributed by atoms with Gasteiger partial charge in [-0.1, -0.05) is 12.8 Å². The van der Waals surface area contributed by atoms with Crippen molar-refractivity contribution in [1.29, 1.82) is 0 Å². The van der Waals surface area contributed by atoms with Gasteiger partial charge in [-0.05, 0) is 31.7 Å². The van der Waals surface area contributed by atoms with Crippen LogP contribution >= 0.6 is 0 Å². The number of nitrogens with one attached hydrogen (secondary N) is 1. The highest BCUT2D eigenvalue weighted by atomic mass is 19.1. The van der Waals surface area contributed by atoms with Crippen molar-refractivity contribution in [3.05, 3.63) is 0 Å². The van der Waals surface area contributed by atoms with Gasteiger partial charge in [0.2, 0.25) is 0 Å². The molecule has 0 radical (unpaired) electrons. The van der Waals surface area contributed by atoms with Crippen LogP contribution in [0.25, 0.3) is 0 Å². The maximum absolute atomic E-state index is 13.6. The Morgan fingerprint density at radius 3 is 2.82 bits per heavy atom. The van der Waals surface area contributed by atoms with Gasteiger partial charge >= 0.3 is 0 Å². The van der Waals surface area contributed by atoms with Crippen LogP contribution in [0.4, 0.5) is 4.39 Å². The zero-order valence-electron chi connectivity index (χ0n) is 6.91. The average Bonchev–Trinajstić information content (AvgIpc) is 2.73. The maximum Gasteiger partial charge on any atom is 0.124 e. The van der Waals surface area contributed by atoms with Crippen molar-refractivity contribution in [3.63, 3.8) is 0 Å². The van der Waals surface area contributed by atoms with Gasteiger partial charge in [-0.15, -0.1) is 0 Å². The smallest absolute Gasteiger partial charge is 0.124 e. The Morgan fingerprint density at radius 2 is 2.27 bits per heavy atom. The summed E-state index contributed by atoms with van der Waals surface area (Å²) >= 11 is 0. The Balaban J connectivity index is 1.73. The molecule has 1 heterocycles. The van der Waals surface area contributed by atoms with Crippen LogP contribution in [0.2, 0.25) is 0 Å². The molecule has 1 nitrogen and oxygen atoms in total. The second-order valence-electron chi connectivity index (χ2n) is 4.06. The lowest BCUT2D eigenvalue weighted by Crippen LogP contribution is -2.25. The fourth-order valence-corrected chi connectivity index (χ4v) is 1.80. The van der Waals surface area contributed by atoms with E-state index >= 15 is 0 Å². The van der Waals surface area contributed by atoms with Crippen molar-refractivity contribution < 1.29 is 4.39 Å². The maximum atomic E-state index is 13.6. The zero-order chi connectivity index (χ0) is 7.73. The van der Waals surface area contributed by atoms with Crippen LogP contribution in [0.3, 0.4) is 0 Å². The molecule has 1 saturated carbocycles. The highest BCUT2D eigenvalue weighted by molar-refractivity contribution is 4.89. The lowest BCUT2D eigenvalue weighted by Gasteiger charge is -2.17. The van der Waals surface area contributed by atoms with E-state index in [0.717, 1.165) is 31.7 Å². The van der Waals surface area contributed by atoms with Crippen LogP contribution in [0, 0.1) is 5.92 Å². The molecule has 0 spiro atoms. The molecule has 1 N–H and O–H groups in total. The molecule has 2 fully saturated rings. The highest BCUT2D eigenvalue weighted by Crippen LogP contribution is 2.37. The van der Waals surface area contributed by atoms with Crippen molar-refractivity contribution in [2.75, 3.05) is 13.1 Å². The number of rotatable bonds is 3. The number of halogens is 1. The van der Waals surface area contributed by atoms with Crippen LogP contribution in [-0.2, 0) is 0 Å². The fraction of sp³-hybridized carbons (Fsp3) is 1.00. The molecule has 1 aliphatic carbocycles. The Morgan fingerprint density at radius 1 is 1.45 bits per heavy atom. The van der Waals surface area contributed by atoms with E-state index in [4.69, 9.17) is 0 Å². The summed E-state index contributed by atoms with van der Waals surface area (Å²) in [6.45, 7) is 1.47. The van der Waals surface area contributed by atoms with E-state index < -0.39 is 5.67 Å². The van der Waals surface area contributed by atoms with Crippen molar-refractivity contribution in [2.45, 2.75) is 37.8 Å². The van der Waals surface area contributed by atoms with E-state index in [0.29, 0.717) is 6.54 Å². The molecule has 0 amide bonds. The number of hydrogen-bond donors (Lipinski definition) is 1. The van der Waals surface area contributed by atoms with Gasteiger partial charge in [0.1, 0.15) is 5.67 Å². The molecule has 0 aromatic heterocycles. The van der Waals surface area contributed by atoms with Gasteiger partial charge < -0.3 is 5.32 Å². The largest absolute Gasteiger partial charge is 0.313 e.